The van der Waals surface area contributed by atoms with E-state index in [1.807, 2.05) is 19.1 Å². The molecule has 0 bridgehead atoms. The minimum absolute atomic E-state index is 0.0310. The number of hydrazone groups is 1. The van der Waals surface area contributed by atoms with Crippen molar-refractivity contribution in [2.75, 3.05) is 0 Å². The van der Waals surface area contributed by atoms with Crippen LogP contribution >= 0.6 is 0 Å². The van der Waals surface area contributed by atoms with E-state index in [2.05, 4.69) is 10.5 Å². The van der Waals surface area contributed by atoms with Gasteiger partial charge in [0, 0.05) is 22.8 Å². The highest BCUT2D eigenvalue weighted by molar-refractivity contribution is 6.01. The van der Waals surface area contributed by atoms with E-state index < -0.39 is 4.92 Å². The van der Waals surface area contributed by atoms with Gasteiger partial charge in [-0.2, -0.15) is 5.10 Å². The van der Waals surface area contributed by atoms with E-state index in [9.17, 15) is 14.9 Å². The van der Waals surface area contributed by atoms with Crippen molar-refractivity contribution in [1.29, 1.82) is 0 Å². The molecule has 24 heavy (non-hydrogen) atoms. The normalized spacial score (nSPS) is 11.2. The second-order valence-corrected chi connectivity index (χ2v) is 5.45. The van der Waals surface area contributed by atoms with Gasteiger partial charge in [0.25, 0.3) is 11.6 Å². The molecule has 0 spiro atoms. The Hall–Kier alpha value is -3.02. The zero-order chi connectivity index (χ0) is 17.7. The van der Waals surface area contributed by atoms with Crippen LogP contribution in [0.4, 0.5) is 5.69 Å². The van der Waals surface area contributed by atoms with Crippen LogP contribution in [0.3, 0.4) is 0 Å². The molecule has 0 aliphatic rings. The van der Waals surface area contributed by atoms with Crippen LogP contribution in [0.25, 0.3) is 0 Å². The average molecular weight is 325 g/mol. The van der Waals surface area contributed by atoms with E-state index in [1.54, 1.807) is 38.1 Å². The molecule has 2 aromatic rings. The number of hydrogen-bond donors (Lipinski definition) is 1. The number of benzene rings is 2. The number of nitrogens with one attached hydrogen (secondary N) is 1. The predicted octanol–water partition coefficient (Wildman–Crippen LogP) is 3.62. The summed E-state index contributed by atoms with van der Waals surface area (Å²) in [5.41, 5.74) is 5.84. The third-order valence-electron chi connectivity index (χ3n) is 3.77. The first-order valence-corrected chi connectivity index (χ1v) is 7.61. The van der Waals surface area contributed by atoms with Crippen molar-refractivity contribution in [3.63, 3.8) is 0 Å². The maximum Gasteiger partial charge on any atom is 0.272 e. The van der Waals surface area contributed by atoms with Gasteiger partial charge in [0.15, 0.2) is 0 Å². The highest BCUT2D eigenvalue weighted by Gasteiger charge is 2.12. The maximum absolute atomic E-state index is 12.1. The lowest BCUT2D eigenvalue weighted by Crippen LogP contribution is -2.19. The Morgan fingerprint density at radius 2 is 1.79 bits per heavy atom. The molecule has 0 saturated carbocycles. The molecular weight excluding hydrogens is 306 g/mol. The number of rotatable bonds is 5. The number of aryl methyl sites for hydroxylation is 2. The van der Waals surface area contributed by atoms with E-state index in [0.29, 0.717) is 22.4 Å². The van der Waals surface area contributed by atoms with Crippen LogP contribution in [0.5, 0.6) is 0 Å². The molecule has 0 saturated heterocycles. The summed E-state index contributed by atoms with van der Waals surface area (Å²) in [6.45, 7) is 5.41. The van der Waals surface area contributed by atoms with Gasteiger partial charge in [0.1, 0.15) is 0 Å². The van der Waals surface area contributed by atoms with Crippen molar-refractivity contribution in [2.24, 2.45) is 5.10 Å². The Morgan fingerprint density at radius 1 is 1.17 bits per heavy atom. The largest absolute Gasteiger partial charge is 0.272 e. The molecule has 0 aliphatic carbocycles. The van der Waals surface area contributed by atoms with E-state index >= 15 is 0 Å². The third-order valence-corrected chi connectivity index (χ3v) is 3.77. The van der Waals surface area contributed by atoms with Crippen molar-refractivity contribution in [2.45, 2.75) is 27.2 Å². The number of nitrogens with zero attached hydrogens (tertiary/aromatic N) is 2. The summed E-state index contributed by atoms with van der Waals surface area (Å²) in [5.74, 6) is -0.321. The summed E-state index contributed by atoms with van der Waals surface area (Å²) in [5, 5.41) is 15.0. The molecule has 0 fully saturated rings. The smallest absolute Gasteiger partial charge is 0.267 e. The summed E-state index contributed by atoms with van der Waals surface area (Å²) in [4.78, 5) is 22.6. The van der Waals surface area contributed by atoms with Gasteiger partial charge in [0.05, 0.1) is 10.6 Å². The van der Waals surface area contributed by atoms with E-state index in [0.717, 1.165) is 12.0 Å². The Morgan fingerprint density at radius 3 is 2.38 bits per heavy atom. The Balaban J connectivity index is 2.14. The van der Waals surface area contributed by atoms with E-state index in [-0.39, 0.29) is 11.6 Å². The summed E-state index contributed by atoms with van der Waals surface area (Å²) in [7, 11) is 0. The molecule has 0 aromatic heterocycles. The lowest BCUT2D eigenvalue weighted by atomic mass is 10.1. The number of carbonyl (C=O) groups excluding carboxylic acids is 1. The zero-order valence-corrected chi connectivity index (χ0v) is 13.9. The monoisotopic (exact) mass is 325 g/mol. The fourth-order valence-corrected chi connectivity index (χ4v) is 2.19. The fraction of sp³-hybridized carbons (Fsp3) is 0.222. The first-order chi connectivity index (χ1) is 11.4. The van der Waals surface area contributed by atoms with Gasteiger partial charge in [-0.1, -0.05) is 31.2 Å². The lowest BCUT2D eigenvalue weighted by molar-refractivity contribution is -0.385. The quantitative estimate of drug-likeness (QED) is 0.517. The van der Waals surface area contributed by atoms with Crippen LogP contribution in [0, 0.1) is 17.0 Å². The van der Waals surface area contributed by atoms with Crippen molar-refractivity contribution >= 4 is 17.3 Å². The van der Waals surface area contributed by atoms with Crippen LogP contribution in [0.1, 0.15) is 40.9 Å². The highest BCUT2D eigenvalue weighted by atomic mass is 16.6. The van der Waals surface area contributed by atoms with Gasteiger partial charge < -0.3 is 0 Å². The van der Waals surface area contributed by atoms with Crippen LogP contribution < -0.4 is 5.43 Å². The molecule has 0 radical (unpaired) electrons. The standard InChI is InChI=1S/C18H19N3O3/c1-4-14-6-9-15(10-7-14)18(22)20-19-13(3)16-8-5-12(2)17(11-16)21(23)24/h5-11H,4H2,1-3H3,(H,20,22)/b19-13-. The lowest BCUT2D eigenvalue weighted by Gasteiger charge is -2.05. The van der Waals surface area contributed by atoms with E-state index in [1.165, 1.54) is 6.07 Å². The van der Waals surface area contributed by atoms with Crippen LogP contribution in [-0.2, 0) is 6.42 Å². The second kappa shape index (κ2) is 7.50. The molecule has 0 aliphatic heterocycles. The Kier molecular flexibility index (Phi) is 5.42. The molecule has 0 unspecified atom stereocenters. The first kappa shape index (κ1) is 17.3. The zero-order valence-electron chi connectivity index (χ0n) is 13.9. The summed E-state index contributed by atoms with van der Waals surface area (Å²) < 4.78 is 0. The van der Waals surface area contributed by atoms with Gasteiger partial charge >= 0.3 is 0 Å². The molecule has 0 heterocycles. The number of nitro benzene ring substituents is 1. The molecule has 6 heteroatoms. The number of amides is 1. The van der Waals surface area contributed by atoms with Gasteiger partial charge in [-0.05, 0) is 38.0 Å². The highest BCUT2D eigenvalue weighted by Crippen LogP contribution is 2.19. The average Bonchev–Trinajstić information content (AvgIpc) is 2.59. The maximum atomic E-state index is 12.1. The van der Waals surface area contributed by atoms with Gasteiger partial charge in [-0.3, -0.25) is 14.9 Å². The van der Waals surface area contributed by atoms with E-state index in [4.69, 9.17) is 0 Å². The molecule has 124 valence electrons. The fourth-order valence-electron chi connectivity index (χ4n) is 2.19. The molecule has 0 atom stereocenters. The van der Waals surface area contributed by atoms with Gasteiger partial charge in [-0.25, -0.2) is 5.43 Å². The Bertz CT molecular complexity index is 796. The predicted molar refractivity (Wildman–Crippen MR) is 93.3 cm³/mol. The second-order valence-electron chi connectivity index (χ2n) is 5.45. The number of hydrogen-bond acceptors (Lipinski definition) is 4. The molecule has 6 nitrogen and oxygen atoms in total. The van der Waals surface area contributed by atoms with Crippen molar-refractivity contribution in [1.82, 2.24) is 5.43 Å². The third kappa shape index (κ3) is 4.04. The van der Waals surface area contributed by atoms with Crippen molar-refractivity contribution < 1.29 is 9.72 Å². The molecule has 1 amide bonds. The van der Waals surface area contributed by atoms with Crippen molar-refractivity contribution in [3.8, 4) is 0 Å². The Labute approximate surface area is 140 Å². The molecule has 2 rings (SSSR count). The van der Waals surface area contributed by atoms with Gasteiger partial charge in [0.2, 0.25) is 0 Å². The van der Waals surface area contributed by atoms with Crippen molar-refractivity contribution in [3.05, 3.63) is 74.8 Å². The van der Waals surface area contributed by atoms with Crippen LogP contribution in [0.15, 0.2) is 47.6 Å². The SMILES string of the molecule is CCc1ccc(C(=O)N/N=C(/C)c2ccc(C)c([N+](=O)[O-])c2)cc1. The summed E-state index contributed by atoms with van der Waals surface area (Å²) in [6, 6.07) is 12.1. The topological polar surface area (TPSA) is 84.6 Å². The summed E-state index contributed by atoms with van der Waals surface area (Å²) in [6.07, 6.45) is 0.908. The molecular formula is C18H19N3O3. The molecule has 2 aromatic carbocycles. The first-order valence-electron chi connectivity index (χ1n) is 7.61. The number of carbonyl (C=O) groups is 1. The van der Waals surface area contributed by atoms with Crippen LogP contribution in [0.2, 0.25) is 0 Å². The van der Waals surface area contributed by atoms with Crippen LogP contribution in [-0.4, -0.2) is 16.5 Å². The number of nitro groups is 1. The minimum Gasteiger partial charge on any atom is -0.267 e. The molecule has 1 N–H and O–H groups in total. The van der Waals surface area contributed by atoms with Gasteiger partial charge in [-0.15, -0.1) is 0 Å². The minimum atomic E-state index is -0.431. The summed E-state index contributed by atoms with van der Waals surface area (Å²) >= 11 is 0.